The first kappa shape index (κ1) is 13.0. The van der Waals surface area contributed by atoms with Crippen LogP contribution in [0.25, 0.3) is 0 Å². The Bertz CT molecular complexity index is 328. The average molecular weight is 225 g/mol. The Morgan fingerprint density at radius 2 is 2.19 bits per heavy atom. The fourth-order valence-corrected chi connectivity index (χ4v) is 1.40. The molecule has 0 bridgehead atoms. The second-order valence-electron chi connectivity index (χ2n) is 4.10. The smallest absolute Gasteiger partial charge is 0.131 e. The Hall–Kier alpha value is -1.09. The van der Waals surface area contributed by atoms with Crippen LogP contribution >= 0.6 is 0 Å². The Morgan fingerprint density at radius 1 is 1.44 bits per heavy atom. The first-order valence-electron chi connectivity index (χ1n) is 5.70. The third-order valence-corrected chi connectivity index (χ3v) is 2.77. The van der Waals surface area contributed by atoms with E-state index in [1.165, 1.54) is 13.2 Å². The van der Waals surface area contributed by atoms with Gasteiger partial charge in [0.05, 0.1) is 7.11 Å². The van der Waals surface area contributed by atoms with Crippen LogP contribution < -0.4 is 10.1 Å². The number of nitrogens with one attached hydrogen (secondary N) is 1. The molecule has 0 spiro atoms. The summed E-state index contributed by atoms with van der Waals surface area (Å²) in [5.74, 6) is 0.973. The van der Waals surface area contributed by atoms with E-state index in [-0.39, 0.29) is 5.82 Å². The number of halogens is 1. The van der Waals surface area contributed by atoms with Crippen LogP contribution in [0.5, 0.6) is 5.75 Å². The van der Waals surface area contributed by atoms with Gasteiger partial charge in [-0.05, 0) is 18.5 Å². The van der Waals surface area contributed by atoms with E-state index in [1.807, 2.05) is 0 Å². The van der Waals surface area contributed by atoms with Gasteiger partial charge in [-0.1, -0.05) is 26.3 Å². The fraction of sp³-hybridized carbons (Fsp3) is 0.538. The van der Waals surface area contributed by atoms with E-state index >= 15 is 0 Å². The predicted molar refractivity (Wildman–Crippen MR) is 64.1 cm³/mol. The van der Waals surface area contributed by atoms with Gasteiger partial charge in [0.1, 0.15) is 11.6 Å². The second kappa shape index (κ2) is 6.48. The number of hydrogen-bond acceptors (Lipinski definition) is 2. The quantitative estimate of drug-likeness (QED) is 0.803. The third-order valence-electron chi connectivity index (χ3n) is 2.77. The van der Waals surface area contributed by atoms with Crippen molar-refractivity contribution in [3.8, 4) is 5.75 Å². The summed E-state index contributed by atoms with van der Waals surface area (Å²) in [5.41, 5.74) is 0.684. The molecule has 0 fully saturated rings. The van der Waals surface area contributed by atoms with E-state index in [4.69, 9.17) is 4.74 Å². The topological polar surface area (TPSA) is 21.3 Å². The standard InChI is InChI=1S/C13H20FNO/c1-4-10(2)8-15-9-11-5-6-12(16-3)7-13(11)14/h5-7,10,15H,4,8-9H2,1-3H3. The minimum atomic E-state index is -0.212. The Labute approximate surface area is 96.8 Å². The van der Waals surface area contributed by atoms with Gasteiger partial charge in [-0.25, -0.2) is 4.39 Å². The highest BCUT2D eigenvalue weighted by Crippen LogP contribution is 2.16. The summed E-state index contributed by atoms with van der Waals surface area (Å²) in [6.07, 6.45) is 1.14. The van der Waals surface area contributed by atoms with Crippen molar-refractivity contribution in [2.75, 3.05) is 13.7 Å². The SMILES string of the molecule is CCC(C)CNCc1ccc(OC)cc1F. The van der Waals surface area contributed by atoms with Crippen LogP contribution in [0.1, 0.15) is 25.8 Å². The van der Waals surface area contributed by atoms with Crippen molar-refractivity contribution in [1.82, 2.24) is 5.32 Å². The molecule has 1 N–H and O–H groups in total. The van der Waals surface area contributed by atoms with Crippen LogP contribution in [0.2, 0.25) is 0 Å². The lowest BCUT2D eigenvalue weighted by Crippen LogP contribution is -2.20. The molecule has 1 unspecified atom stereocenters. The molecule has 2 nitrogen and oxygen atoms in total. The number of methoxy groups -OCH3 is 1. The van der Waals surface area contributed by atoms with Gasteiger partial charge in [-0.15, -0.1) is 0 Å². The first-order chi connectivity index (χ1) is 7.67. The summed E-state index contributed by atoms with van der Waals surface area (Å²) in [7, 11) is 1.54. The summed E-state index contributed by atoms with van der Waals surface area (Å²) in [4.78, 5) is 0. The number of hydrogen-bond donors (Lipinski definition) is 1. The molecular weight excluding hydrogens is 205 g/mol. The van der Waals surface area contributed by atoms with Gasteiger partial charge in [0, 0.05) is 18.2 Å². The second-order valence-corrected chi connectivity index (χ2v) is 4.10. The largest absolute Gasteiger partial charge is 0.497 e. The van der Waals surface area contributed by atoms with E-state index < -0.39 is 0 Å². The molecular formula is C13H20FNO. The van der Waals surface area contributed by atoms with Crippen molar-refractivity contribution >= 4 is 0 Å². The molecule has 1 atom stereocenters. The maximum atomic E-state index is 13.5. The lowest BCUT2D eigenvalue weighted by molar-refractivity contribution is 0.410. The minimum Gasteiger partial charge on any atom is -0.497 e. The highest BCUT2D eigenvalue weighted by Gasteiger charge is 2.04. The average Bonchev–Trinajstić information content (AvgIpc) is 2.30. The van der Waals surface area contributed by atoms with Gasteiger partial charge in [-0.2, -0.15) is 0 Å². The van der Waals surface area contributed by atoms with Crippen molar-refractivity contribution < 1.29 is 9.13 Å². The molecule has 0 amide bonds. The van der Waals surface area contributed by atoms with Crippen molar-refractivity contribution in [2.45, 2.75) is 26.8 Å². The Balaban J connectivity index is 2.48. The van der Waals surface area contributed by atoms with Gasteiger partial charge in [-0.3, -0.25) is 0 Å². The molecule has 0 aliphatic heterocycles. The summed E-state index contributed by atoms with van der Waals surface area (Å²) in [6, 6.07) is 4.96. The van der Waals surface area contributed by atoms with Crippen LogP contribution in [0.15, 0.2) is 18.2 Å². The van der Waals surface area contributed by atoms with Gasteiger partial charge in [0.2, 0.25) is 0 Å². The molecule has 0 saturated heterocycles. The van der Waals surface area contributed by atoms with Crippen molar-refractivity contribution in [2.24, 2.45) is 5.92 Å². The van der Waals surface area contributed by atoms with Gasteiger partial charge in [0.15, 0.2) is 0 Å². The summed E-state index contributed by atoms with van der Waals surface area (Å²) >= 11 is 0. The van der Waals surface area contributed by atoms with Gasteiger partial charge >= 0.3 is 0 Å². The van der Waals surface area contributed by atoms with Gasteiger partial charge < -0.3 is 10.1 Å². The van der Waals surface area contributed by atoms with E-state index in [0.717, 1.165) is 13.0 Å². The van der Waals surface area contributed by atoms with E-state index in [9.17, 15) is 4.39 Å². The first-order valence-corrected chi connectivity index (χ1v) is 5.70. The molecule has 16 heavy (non-hydrogen) atoms. The van der Waals surface area contributed by atoms with Crippen molar-refractivity contribution in [1.29, 1.82) is 0 Å². The maximum Gasteiger partial charge on any atom is 0.131 e. The van der Waals surface area contributed by atoms with Crippen LogP contribution in [0.3, 0.4) is 0 Å². The zero-order valence-electron chi connectivity index (χ0n) is 10.2. The molecule has 1 rings (SSSR count). The molecule has 0 aliphatic rings. The number of ether oxygens (including phenoxy) is 1. The van der Waals surface area contributed by atoms with Crippen molar-refractivity contribution in [3.63, 3.8) is 0 Å². The van der Waals surface area contributed by atoms with Crippen LogP contribution in [0, 0.1) is 11.7 Å². The number of rotatable bonds is 6. The maximum absolute atomic E-state index is 13.5. The lowest BCUT2D eigenvalue weighted by Gasteiger charge is -2.11. The predicted octanol–water partition coefficient (Wildman–Crippen LogP) is 2.97. The molecule has 1 aromatic carbocycles. The Kier molecular flexibility index (Phi) is 5.26. The normalized spacial score (nSPS) is 12.5. The summed E-state index contributed by atoms with van der Waals surface area (Å²) in [6.45, 7) is 5.82. The molecule has 0 aromatic heterocycles. The Morgan fingerprint density at radius 3 is 2.75 bits per heavy atom. The zero-order chi connectivity index (χ0) is 12.0. The van der Waals surface area contributed by atoms with Crippen LogP contribution in [0.4, 0.5) is 4.39 Å². The molecule has 90 valence electrons. The molecule has 0 saturated carbocycles. The van der Waals surface area contributed by atoms with E-state index in [1.54, 1.807) is 12.1 Å². The fourth-order valence-electron chi connectivity index (χ4n) is 1.40. The highest BCUT2D eigenvalue weighted by molar-refractivity contribution is 5.28. The monoisotopic (exact) mass is 225 g/mol. The van der Waals surface area contributed by atoms with Crippen LogP contribution in [-0.2, 0) is 6.54 Å². The third kappa shape index (κ3) is 3.81. The molecule has 3 heteroatoms. The number of benzene rings is 1. The molecule has 0 aliphatic carbocycles. The van der Waals surface area contributed by atoms with E-state index in [2.05, 4.69) is 19.2 Å². The molecule has 0 radical (unpaired) electrons. The molecule has 1 aromatic rings. The minimum absolute atomic E-state index is 0.212. The highest BCUT2D eigenvalue weighted by atomic mass is 19.1. The lowest BCUT2D eigenvalue weighted by atomic mass is 10.1. The zero-order valence-corrected chi connectivity index (χ0v) is 10.2. The summed E-state index contributed by atoms with van der Waals surface area (Å²) in [5, 5.41) is 3.25. The van der Waals surface area contributed by atoms with Crippen LogP contribution in [-0.4, -0.2) is 13.7 Å². The van der Waals surface area contributed by atoms with Gasteiger partial charge in [0.25, 0.3) is 0 Å². The van der Waals surface area contributed by atoms with Crippen molar-refractivity contribution in [3.05, 3.63) is 29.6 Å². The van der Waals surface area contributed by atoms with E-state index in [0.29, 0.717) is 23.8 Å². The summed E-state index contributed by atoms with van der Waals surface area (Å²) < 4.78 is 18.5. The molecule has 0 heterocycles.